The van der Waals surface area contributed by atoms with Gasteiger partial charge in [-0.15, -0.1) is 0 Å². The van der Waals surface area contributed by atoms with Crippen LogP contribution in [0.2, 0.25) is 0 Å². The van der Waals surface area contributed by atoms with Gasteiger partial charge in [-0.2, -0.15) is 0 Å². The fourth-order valence-corrected chi connectivity index (χ4v) is 3.84. The molecule has 5 rings (SSSR count). The predicted molar refractivity (Wildman–Crippen MR) is 62.2 cm³/mol. The number of benzene rings is 1. The van der Waals surface area contributed by atoms with Gasteiger partial charge in [0.15, 0.2) is 0 Å². The molecule has 0 spiro atoms. The number of rotatable bonds is 0. The molecule has 84 valence electrons. The average molecular weight is 216 g/mol. The molecule has 1 aromatic carbocycles. The summed E-state index contributed by atoms with van der Waals surface area (Å²) in [7, 11) is 0. The lowest BCUT2D eigenvalue weighted by Crippen LogP contribution is -2.53. The van der Waals surface area contributed by atoms with Crippen LogP contribution in [0.3, 0.4) is 0 Å². The Kier molecular flexibility index (Phi) is 1.48. The van der Waals surface area contributed by atoms with Crippen LogP contribution in [0.5, 0.6) is 0 Å². The molecule has 1 aromatic rings. The quantitative estimate of drug-likeness (QED) is 0.723. The largest absolute Gasteiger partial charge is 0.358 e. The summed E-state index contributed by atoms with van der Waals surface area (Å²) in [4.78, 5) is 0. The summed E-state index contributed by atoms with van der Waals surface area (Å²) < 4.78 is 14.3. The summed E-state index contributed by atoms with van der Waals surface area (Å²) in [6.07, 6.45) is 2.61. The molecule has 4 bridgehead atoms. The smallest absolute Gasteiger partial charge is 0.118 e. The predicted octanol–water partition coefficient (Wildman–Crippen LogP) is 2.50. The Morgan fingerprint density at radius 3 is 2.25 bits per heavy atom. The van der Waals surface area contributed by atoms with Crippen LogP contribution in [0.1, 0.15) is 50.0 Å². The number of nitrogens with two attached hydrogens (primary N) is 1. The van der Waals surface area contributed by atoms with Gasteiger partial charge in [-0.05, 0) is 48.6 Å². The minimum absolute atomic E-state index is 0.412. The molecule has 4 aliphatic rings. The van der Waals surface area contributed by atoms with Gasteiger partial charge in [-0.1, -0.05) is 24.3 Å². The second kappa shape index (κ2) is 2.88. The highest BCUT2D eigenvalue weighted by molar-refractivity contribution is 5.38. The van der Waals surface area contributed by atoms with Gasteiger partial charge in [-0.25, -0.2) is 0 Å². The third-order valence-electron chi connectivity index (χ3n) is 4.36. The van der Waals surface area contributed by atoms with Crippen molar-refractivity contribution in [2.75, 3.05) is 0 Å². The maximum absolute atomic E-state index is 8.45. The lowest BCUT2D eigenvalue weighted by molar-refractivity contribution is -0.163. The fraction of sp³-hybridized carbons (Fsp3) is 0.571. The van der Waals surface area contributed by atoms with E-state index in [1.165, 1.54) is 11.1 Å². The number of hydrogen-bond acceptors (Lipinski definition) is 2. The molecule has 2 fully saturated rings. The highest BCUT2D eigenvalue weighted by Gasteiger charge is 2.49. The standard InChI is InChI=1S/C14H17NO/c15-14-7-9-5-11(16-14)6-10(8-14)13-4-2-1-3-12(9)13/h1-4,9-11H,5-8,15H2/i11D. The van der Waals surface area contributed by atoms with Gasteiger partial charge in [0, 0.05) is 0 Å². The molecular weight excluding hydrogens is 198 g/mol. The van der Waals surface area contributed by atoms with E-state index in [0.29, 0.717) is 11.8 Å². The molecule has 2 heterocycles. The van der Waals surface area contributed by atoms with E-state index in [1.54, 1.807) is 0 Å². The Morgan fingerprint density at radius 2 is 1.75 bits per heavy atom. The molecule has 0 saturated carbocycles. The Labute approximate surface area is 97.2 Å². The third kappa shape index (κ3) is 1.14. The van der Waals surface area contributed by atoms with Crippen molar-refractivity contribution in [2.24, 2.45) is 5.73 Å². The van der Waals surface area contributed by atoms with Crippen LogP contribution in [0.15, 0.2) is 24.3 Å². The van der Waals surface area contributed by atoms with Gasteiger partial charge in [0.05, 0.1) is 7.45 Å². The van der Waals surface area contributed by atoms with Crippen LogP contribution in [0.4, 0.5) is 0 Å². The van der Waals surface area contributed by atoms with Crippen molar-refractivity contribution in [2.45, 2.75) is 49.3 Å². The molecule has 2 atom stereocenters. The molecule has 2 saturated heterocycles. The van der Waals surface area contributed by atoms with Gasteiger partial charge in [0.1, 0.15) is 5.72 Å². The van der Waals surface area contributed by atoms with Crippen molar-refractivity contribution in [1.29, 1.82) is 0 Å². The first kappa shape index (κ1) is 8.26. The van der Waals surface area contributed by atoms with Crippen LogP contribution < -0.4 is 5.73 Å². The Morgan fingerprint density at radius 1 is 1.19 bits per heavy atom. The van der Waals surface area contributed by atoms with E-state index in [0.717, 1.165) is 25.7 Å². The lowest BCUT2D eigenvalue weighted by Gasteiger charge is -2.46. The molecule has 0 amide bonds. The van der Waals surface area contributed by atoms with Crippen LogP contribution in [-0.4, -0.2) is 11.8 Å². The van der Waals surface area contributed by atoms with Crippen LogP contribution in [0, 0.1) is 0 Å². The van der Waals surface area contributed by atoms with Crippen molar-refractivity contribution in [3.05, 3.63) is 35.4 Å². The zero-order valence-electron chi connectivity index (χ0n) is 10.3. The fourth-order valence-electron chi connectivity index (χ4n) is 3.84. The van der Waals surface area contributed by atoms with Crippen molar-refractivity contribution in [3.63, 3.8) is 0 Å². The normalized spacial score (nSPS) is 49.7. The van der Waals surface area contributed by atoms with E-state index >= 15 is 0 Å². The second-order valence-corrected chi connectivity index (χ2v) is 5.54. The molecule has 2 heteroatoms. The number of hydrogen-bond donors (Lipinski definition) is 1. The van der Waals surface area contributed by atoms with Crippen molar-refractivity contribution in [1.82, 2.24) is 0 Å². The maximum Gasteiger partial charge on any atom is 0.118 e. The molecule has 2 N–H and O–H groups in total. The number of ether oxygens (including phenoxy) is 1. The first-order valence-corrected chi connectivity index (χ1v) is 6.15. The van der Waals surface area contributed by atoms with Crippen molar-refractivity contribution < 1.29 is 6.11 Å². The van der Waals surface area contributed by atoms with E-state index in [2.05, 4.69) is 24.3 Å². The molecule has 2 aliphatic heterocycles. The maximum atomic E-state index is 8.45. The Balaban J connectivity index is 1.93. The van der Waals surface area contributed by atoms with Gasteiger partial charge in [0.2, 0.25) is 0 Å². The van der Waals surface area contributed by atoms with E-state index in [9.17, 15) is 0 Å². The molecule has 0 aromatic heterocycles. The SMILES string of the molecule is [2H]C12CC3CC(N)(CC(C1)c1ccccc13)O2. The zero-order valence-corrected chi connectivity index (χ0v) is 9.28. The Hall–Kier alpha value is -0.860. The molecular formula is C14H17NO. The lowest BCUT2D eigenvalue weighted by atomic mass is 9.80. The van der Waals surface area contributed by atoms with E-state index < -0.39 is 11.8 Å². The summed E-state index contributed by atoms with van der Waals surface area (Å²) in [5, 5.41) is 0. The van der Waals surface area contributed by atoms with Gasteiger partial charge in [0.25, 0.3) is 0 Å². The molecule has 2 nitrogen and oxygen atoms in total. The first-order chi connectivity index (χ1) is 8.07. The summed E-state index contributed by atoms with van der Waals surface area (Å²) in [6.45, 7) is 0. The molecule has 16 heavy (non-hydrogen) atoms. The highest BCUT2D eigenvalue weighted by Crippen LogP contribution is 2.53. The monoisotopic (exact) mass is 216 g/mol. The molecule has 2 aliphatic carbocycles. The highest BCUT2D eigenvalue weighted by atomic mass is 16.5. The molecule has 0 radical (unpaired) electrons. The summed E-state index contributed by atoms with van der Waals surface area (Å²) in [5.74, 6) is 0.824. The van der Waals surface area contributed by atoms with Gasteiger partial charge >= 0.3 is 0 Å². The van der Waals surface area contributed by atoms with E-state index in [-0.39, 0.29) is 0 Å². The second-order valence-electron chi connectivity index (χ2n) is 5.54. The van der Waals surface area contributed by atoms with E-state index in [1.807, 2.05) is 0 Å². The first-order valence-electron chi connectivity index (χ1n) is 6.65. The minimum atomic E-state index is -0.750. The van der Waals surface area contributed by atoms with Crippen LogP contribution in [0.25, 0.3) is 0 Å². The minimum Gasteiger partial charge on any atom is -0.358 e. The van der Waals surface area contributed by atoms with Gasteiger partial charge in [-0.3, -0.25) is 0 Å². The summed E-state index contributed by atoms with van der Waals surface area (Å²) in [6, 6.07) is 8.64. The summed E-state index contributed by atoms with van der Waals surface area (Å²) in [5.41, 5.74) is 8.62. The third-order valence-corrected chi connectivity index (χ3v) is 4.36. The molecule has 2 unspecified atom stereocenters. The van der Waals surface area contributed by atoms with Crippen LogP contribution >= 0.6 is 0 Å². The zero-order chi connectivity index (χ0) is 11.7. The Bertz CT molecular complexity index is 432. The summed E-state index contributed by atoms with van der Waals surface area (Å²) >= 11 is 0. The van der Waals surface area contributed by atoms with Gasteiger partial charge < -0.3 is 10.5 Å². The van der Waals surface area contributed by atoms with Crippen molar-refractivity contribution >= 4 is 0 Å². The van der Waals surface area contributed by atoms with Crippen molar-refractivity contribution in [3.8, 4) is 0 Å². The average Bonchev–Trinajstić information content (AvgIpc) is 2.38. The van der Waals surface area contributed by atoms with E-state index in [4.69, 9.17) is 11.8 Å². The van der Waals surface area contributed by atoms with Crippen LogP contribution in [-0.2, 0) is 4.74 Å². The topological polar surface area (TPSA) is 35.2 Å².